The van der Waals surface area contributed by atoms with Crippen molar-refractivity contribution in [2.45, 2.75) is 102 Å². The van der Waals surface area contributed by atoms with Gasteiger partial charge in [-0.15, -0.1) is 0 Å². The zero-order valence-electron chi connectivity index (χ0n) is 20.2. The highest BCUT2D eigenvalue weighted by atomic mass is 32.2. The Labute approximate surface area is 194 Å². The molecular weight excluding hydrogens is 428 g/mol. The Hall–Kier alpha value is -1.67. The second-order valence-corrected chi connectivity index (χ2v) is 10.8. The molecule has 32 heavy (non-hydrogen) atoms. The van der Waals surface area contributed by atoms with E-state index in [1.54, 1.807) is 0 Å². The molecule has 0 spiro atoms. The van der Waals surface area contributed by atoms with Gasteiger partial charge in [0.05, 0.1) is 16.4 Å². The number of nitrogens with zero attached hydrogens (tertiary/aromatic N) is 2. The van der Waals surface area contributed by atoms with Crippen LogP contribution in [0.5, 0.6) is 5.75 Å². The van der Waals surface area contributed by atoms with Crippen LogP contribution >= 0.6 is 0 Å². The van der Waals surface area contributed by atoms with Crippen molar-refractivity contribution in [3.8, 4) is 5.75 Å². The van der Waals surface area contributed by atoms with E-state index in [2.05, 4.69) is 6.92 Å². The Kier molecular flexibility index (Phi) is 14.2. The van der Waals surface area contributed by atoms with Gasteiger partial charge in [0.1, 0.15) is 0 Å². The zero-order valence-corrected chi connectivity index (χ0v) is 21.0. The lowest BCUT2D eigenvalue weighted by atomic mass is 10.0. The van der Waals surface area contributed by atoms with Crippen molar-refractivity contribution in [3.63, 3.8) is 0 Å². The second-order valence-electron chi connectivity index (χ2n) is 8.62. The van der Waals surface area contributed by atoms with E-state index < -0.39 is 14.9 Å². The van der Waals surface area contributed by atoms with Crippen LogP contribution < -0.4 is 4.74 Å². The Morgan fingerprint density at radius 2 is 1.31 bits per heavy atom. The first kappa shape index (κ1) is 28.4. The number of nitro benzene ring substituents is 1. The monoisotopic (exact) mass is 470 g/mol. The van der Waals surface area contributed by atoms with Crippen molar-refractivity contribution >= 4 is 15.7 Å². The summed E-state index contributed by atoms with van der Waals surface area (Å²) in [6.45, 7) is 2.64. The van der Waals surface area contributed by atoms with E-state index in [1.165, 1.54) is 96.9 Å². The molecule has 1 aromatic rings. The average molecular weight is 471 g/mol. The number of nitro groups is 1. The first-order valence-electron chi connectivity index (χ1n) is 12.1. The third-order valence-electron chi connectivity index (χ3n) is 5.66. The van der Waals surface area contributed by atoms with E-state index in [0.717, 1.165) is 29.6 Å². The molecule has 0 saturated heterocycles. The number of ether oxygens (including phenoxy) is 1. The molecule has 7 nitrogen and oxygen atoms in total. The van der Waals surface area contributed by atoms with Crippen molar-refractivity contribution in [1.82, 2.24) is 4.31 Å². The first-order valence-corrected chi connectivity index (χ1v) is 13.6. The molecule has 0 atom stereocenters. The zero-order chi connectivity index (χ0) is 23.8. The summed E-state index contributed by atoms with van der Waals surface area (Å²) in [5, 5.41) is 11.3. The van der Waals surface area contributed by atoms with Crippen LogP contribution in [0.1, 0.15) is 96.8 Å². The van der Waals surface area contributed by atoms with E-state index in [0.29, 0.717) is 6.61 Å². The molecule has 1 rings (SSSR count). The minimum absolute atomic E-state index is 0.113. The normalized spacial score (nSPS) is 11.8. The Bertz CT molecular complexity index is 766. The summed E-state index contributed by atoms with van der Waals surface area (Å²) in [6, 6.07) is 3.79. The van der Waals surface area contributed by atoms with Crippen LogP contribution in [-0.4, -0.2) is 38.3 Å². The molecule has 0 aliphatic heterocycles. The SMILES string of the molecule is CCCCCCCCCCCCCCCCOc1ccc(S(=O)(=O)N(C)C)cc1[N+](=O)[O-]. The molecule has 0 fully saturated rings. The van der Waals surface area contributed by atoms with Gasteiger partial charge in [-0.25, -0.2) is 12.7 Å². The van der Waals surface area contributed by atoms with Gasteiger partial charge in [-0.3, -0.25) is 10.1 Å². The molecule has 0 radical (unpaired) electrons. The molecule has 0 aromatic heterocycles. The van der Waals surface area contributed by atoms with E-state index in [4.69, 9.17) is 4.74 Å². The topological polar surface area (TPSA) is 89.8 Å². The molecule has 0 unspecified atom stereocenters. The van der Waals surface area contributed by atoms with Gasteiger partial charge in [-0.05, 0) is 18.6 Å². The summed E-state index contributed by atoms with van der Waals surface area (Å²) in [4.78, 5) is 10.6. The highest BCUT2D eigenvalue weighted by Gasteiger charge is 2.23. The predicted molar refractivity (Wildman–Crippen MR) is 130 cm³/mol. The third kappa shape index (κ3) is 10.8. The molecule has 0 saturated carbocycles. The fourth-order valence-electron chi connectivity index (χ4n) is 3.61. The van der Waals surface area contributed by atoms with Gasteiger partial charge < -0.3 is 4.74 Å². The Morgan fingerprint density at radius 1 is 0.844 bits per heavy atom. The smallest absolute Gasteiger partial charge is 0.312 e. The standard InChI is InChI=1S/C24H42N2O5S/c1-4-5-6-7-8-9-10-11-12-13-14-15-16-17-20-31-24-19-18-22(21-23(24)26(27)28)32(29,30)25(2)3/h18-19,21H,4-17,20H2,1-3H3. The van der Waals surface area contributed by atoms with Crippen molar-refractivity contribution in [2.75, 3.05) is 20.7 Å². The van der Waals surface area contributed by atoms with Gasteiger partial charge in [0.2, 0.25) is 10.0 Å². The number of rotatable bonds is 19. The molecule has 0 aliphatic rings. The van der Waals surface area contributed by atoms with Gasteiger partial charge in [-0.2, -0.15) is 0 Å². The maximum absolute atomic E-state index is 12.2. The van der Waals surface area contributed by atoms with Crippen molar-refractivity contribution in [3.05, 3.63) is 28.3 Å². The van der Waals surface area contributed by atoms with Crippen LogP contribution in [0.3, 0.4) is 0 Å². The number of unbranched alkanes of at least 4 members (excludes halogenated alkanes) is 13. The predicted octanol–water partition coefficient (Wildman–Crippen LogP) is 6.71. The maximum Gasteiger partial charge on any atom is 0.312 e. The van der Waals surface area contributed by atoms with Crippen molar-refractivity contribution in [2.24, 2.45) is 0 Å². The number of hydrogen-bond acceptors (Lipinski definition) is 5. The first-order chi connectivity index (χ1) is 15.3. The van der Waals surface area contributed by atoms with Gasteiger partial charge >= 0.3 is 5.69 Å². The average Bonchev–Trinajstić information content (AvgIpc) is 2.76. The third-order valence-corrected chi connectivity index (χ3v) is 7.47. The lowest BCUT2D eigenvalue weighted by Crippen LogP contribution is -2.22. The molecule has 0 aliphatic carbocycles. The molecule has 0 heterocycles. The van der Waals surface area contributed by atoms with Crippen LogP contribution in [0, 0.1) is 10.1 Å². The van der Waals surface area contributed by atoms with E-state index in [1.807, 2.05) is 0 Å². The van der Waals surface area contributed by atoms with Crippen LogP contribution in [0.15, 0.2) is 23.1 Å². The van der Waals surface area contributed by atoms with Gasteiger partial charge in [0.25, 0.3) is 0 Å². The van der Waals surface area contributed by atoms with Crippen molar-refractivity contribution < 1.29 is 18.1 Å². The number of sulfonamides is 1. The second kappa shape index (κ2) is 16.0. The molecule has 1 aromatic carbocycles. The molecule has 0 amide bonds. The lowest BCUT2D eigenvalue weighted by Gasteiger charge is -2.12. The fraction of sp³-hybridized carbons (Fsp3) is 0.750. The van der Waals surface area contributed by atoms with Crippen LogP contribution in [0.25, 0.3) is 0 Å². The number of benzene rings is 1. The molecular formula is C24H42N2O5S. The fourth-order valence-corrected chi connectivity index (χ4v) is 4.53. The number of hydrogen-bond donors (Lipinski definition) is 0. The summed E-state index contributed by atoms with van der Waals surface area (Å²) in [5.74, 6) is 0.113. The minimum Gasteiger partial charge on any atom is -0.487 e. The van der Waals surface area contributed by atoms with Crippen LogP contribution in [0.4, 0.5) is 5.69 Å². The van der Waals surface area contributed by atoms with E-state index >= 15 is 0 Å². The largest absolute Gasteiger partial charge is 0.487 e. The molecule has 0 N–H and O–H groups in total. The Morgan fingerprint density at radius 3 is 1.75 bits per heavy atom. The lowest BCUT2D eigenvalue weighted by molar-refractivity contribution is -0.386. The molecule has 8 heteroatoms. The quantitative estimate of drug-likeness (QED) is 0.127. The van der Waals surface area contributed by atoms with Crippen LogP contribution in [0.2, 0.25) is 0 Å². The van der Waals surface area contributed by atoms with Gasteiger partial charge in [-0.1, -0.05) is 90.4 Å². The molecule has 184 valence electrons. The molecule has 0 bridgehead atoms. The summed E-state index contributed by atoms with van der Waals surface area (Å²) in [5.41, 5.74) is -0.321. The minimum atomic E-state index is -3.73. The van der Waals surface area contributed by atoms with Gasteiger partial charge in [0, 0.05) is 20.2 Å². The van der Waals surface area contributed by atoms with E-state index in [-0.39, 0.29) is 16.3 Å². The summed E-state index contributed by atoms with van der Waals surface area (Å²) in [6.07, 6.45) is 17.7. The van der Waals surface area contributed by atoms with Gasteiger partial charge in [0.15, 0.2) is 5.75 Å². The summed E-state index contributed by atoms with van der Waals surface area (Å²) >= 11 is 0. The highest BCUT2D eigenvalue weighted by Crippen LogP contribution is 2.30. The van der Waals surface area contributed by atoms with Crippen molar-refractivity contribution in [1.29, 1.82) is 0 Å². The summed E-state index contributed by atoms with van der Waals surface area (Å²) in [7, 11) is -0.947. The van der Waals surface area contributed by atoms with E-state index in [9.17, 15) is 18.5 Å². The summed E-state index contributed by atoms with van der Waals surface area (Å²) < 4.78 is 31.0. The maximum atomic E-state index is 12.2. The van der Waals surface area contributed by atoms with Crippen LogP contribution in [-0.2, 0) is 10.0 Å². The highest BCUT2D eigenvalue weighted by molar-refractivity contribution is 7.89. The Balaban J connectivity index is 2.20.